The molecule has 0 amide bonds. The molecule has 0 unspecified atom stereocenters. The van der Waals surface area contributed by atoms with Gasteiger partial charge in [0.05, 0.1) is 16.8 Å². The molecular formula is C23H19F3N2S. The van der Waals surface area contributed by atoms with Crippen molar-refractivity contribution in [1.82, 2.24) is 4.98 Å². The largest absolute Gasteiger partial charge is 0.416 e. The molecule has 0 fully saturated rings. The minimum Gasteiger partial charge on any atom is -0.235 e. The second kappa shape index (κ2) is 8.62. The molecule has 0 saturated carbocycles. The molecule has 0 aliphatic carbocycles. The maximum Gasteiger partial charge on any atom is 0.416 e. The Morgan fingerprint density at radius 3 is 2.45 bits per heavy atom. The van der Waals surface area contributed by atoms with E-state index in [4.69, 9.17) is 0 Å². The van der Waals surface area contributed by atoms with E-state index >= 15 is 0 Å². The molecule has 0 radical (unpaired) electrons. The van der Waals surface area contributed by atoms with Crippen LogP contribution in [-0.4, -0.2) is 4.98 Å². The lowest BCUT2D eigenvalue weighted by atomic mass is 10.0. The van der Waals surface area contributed by atoms with E-state index in [0.717, 1.165) is 18.1 Å². The quantitative estimate of drug-likeness (QED) is 0.419. The molecule has 2 nitrogen and oxygen atoms in total. The summed E-state index contributed by atoms with van der Waals surface area (Å²) in [5.74, 6) is 0.564. The number of halogens is 3. The second-order valence-electron chi connectivity index (χ2n) is 7.09. The van der Waals surface area contributed by atoms with Crippen LogP contribution in [0, 0.1) is 17.2 Å². The molecule has 1 heterocycles. The predicted octanol–water partition coefficient (Wildman–Crippen LogP) is 7.09. The summed E-state index contributed by atoms with van der Waals surface area (Å²) in [6, 6.07) is 15.2. The maximum atomic E-state index is 13.2. The van der Waals surface area contributed by atoms with Gasteiger partial charge in [-0.1, -0.05) is 56.3 Å². The van der Waals surface area contributed by atoms with Crippen molar-refractivity contribution in [2.75, 3.05) is 0 Å². The van der Waals surface area contributed by atoms with E-state index in [1.807, 2.05) is 23.6 Å². The molecule has 2 aromatic carbocycles. The first-order valence-electron chi connectivity index (χ1n) is 9.11. The summed E-state index contributed by atoms with van der Waals surface area (Å²) in [4.78, 5) is 4.48. The summed E-state index contributed by atoms with van der Waals surface area (Å²) < 4.78 is 39.7. The number of nitriles is 1. The minimum atomic E-state index is -4.49. The monoisotopic (exact) mass is 412 g/mol. The van der Waals surface area contributed by atoms with E-state index in [2.05, 4.69) is 31.0 Å². The van der Waals surface area contributed by atoms with Gasteiger partial charge in [0.25, 0.3) is 0 Å². The van der Waals surface area contributed by atoms with Crippen LogP contribution in [0.25, 0.3) is 22.9 Å². The van der Waals surface area contributed by atoms with Crippen molar-refractivity contribution in [3.05, 3.63) is 75.6 Å². The smallest absolute Gasteiger partial charge is 0.235 e. The van der Waals surface area contributed by atoms with Gasteiger partial charge in [0.2, 0.25) is 0 Å². The summed E-state index contributed by atoms with van der Waals surface area (Å²) in [5.41, 5.74) is 2.13. The van der Waals surface area contributed by atoms with Gasteiger partial charge in [-0.05, 0) is 35.6 Å². The van der Waals surface area contributed by atoms with Gasteiger partial charge in [0, 0.05) is 10.9 Å². The van der Waals surface area contributed by atoms with E-state index in [-0.39, 0.29) is 11.1 Å². The fourth-order valence-corrected chi connectivity index (χ4v) is 3.79. The number of hydrogen-bond acceptors (Lipinski definition) is 3. The van der Waals surface area contributed by atoms with E-state index < -0.39 is 11.7 Å². The number of aromatic nitrogens is 1. The highest BCUT2D eigenvalue weighted by atomic mass is 32.1. The topological polar surface area (TPSA) is 36.7 Å². The van der Waals surface area contributed by atoms with Crippen molar-refractivity contribution >= 4 is 23.0 Å². The third-order valence-electron chi connectivity index (χ3n) is 4.31. The second-order valence-corrected chi connectivity index (χ2v) is 7.95. The summed E-state index contributed by atoms with van der Waals surface area (Å²) >= 11 is 1.24. The third kappa shape index (κ3) is 5.12. The summed E-state index contributed by atoms with van der Waals surface area (Å²) in [6.07, 6.45) is -2.25. The fraction of sp³-hybridized carbons (Fsp3) is 0.217. The summed E-state index contributed by atoms with van der Waals surface area (Å²) in [5, 5.41) is 11.7. The van der Waals surface area contributed by atoms with Crippen LogP contribution >= 0.6 is 11.3 Å². The zero-order valence-corrected chi connectivity index (χ0v) is 16.8. The van der Waals surface area contributed by atoms with Crippen LogP contribution < -0.4 is 0 Å². The van der Waals surface area contributed by atoms with E-state index in [1.165, 1.54) is 41.2 Å². The van der Waals surface area contributed by atoms with Crippen LogP contribution in [0.15, 0.2) is 53.9 Å². The molecule has 1 aromatic heterocycles. The lowest BCUT2D eigenvalue weighted by Crippen LogP contribution is -2.07. The lowest BCUT2D eigenvalue weighted by molar-refractivity contribution is -0.137. The Hall–Kier alpha value is -2.91. The molecule has 0 bridgehead atoms. The van der Waals surface area contributed by atoms with Crippen molar-refractivity contribution in [2.45, 2.75) is 26.4 Å². The van der Waals surface area contributed by atoms with Gasteiger partial charge in [-0.2, -0.15) is 18.4 Å². The number of nitrogens with zero attached hydrogens (tertiary/aromatic N) is 2. The third-order valence-corrected chi connectivity index (χ3v) is 5.19. The highest BCUT2D eigenvalue weighted by Gasteiger charge is 2.32. The molecule has 3 rings (SSSR count). The molecule has 0 aliphatic heterocycles. The molecule has 0 aliphatic rings. The van der Waals surface area contributed by atoms with Crippen LogP contribution in [-0.2, 0) is 12.6 Å². The normalized spacial score (nSPS) is 12.2. The Morgan fingerprint density at radius 1 is 1.14 bits per heavy atom. The van der Waals surface area contributed by atoms with Crippen LogP contribution in [0.4, 0.5) is 13.2 Å². The molecule has 148 valence electrons. The number of benzene rings is 2. The summed E-state index contributed by atoms with van der Waals surface area (Å²) in [6.45, 7) is 4.32. The Morgan fingerprint density at radius 2 is 1.83 bits per heavy atom. The lowest BCUT2D eigenvalue weighted by Gasteiger charge is -2.09. The maximum absolute atomic E-state index is 13.2. The van der Waals surface area contributed by atoms with Gasteiger partial charge in [-0.15, -0.1) is 11.3 Å². The Kier molecular flexibility index (Phi) is 6.19. The molecule has 0 spiro atoms. The zero-order chi connectivity index (χ0) is 21.0. The molecule has 29 heavy (non-hydrogen) atoms. The van der Waals surface area contributed by atoms with Gasteiger partial charge in [-0.3, -0.25) is 0 Å². The van der Waals surface area contributed by atoms with Crippen molar-refractivity contribution in [3.8, 4) is 17.3 Å². The fourth-order valence-electron chi connectivity index (χ4n) is 2.99. The molecular weight excluding hydrogens is 393 g/mol. The average Bonchev–Trinajstić information content (AvgIpc) is 3.15. The highest BCUT2D eigenvalue weighted by Crippen LogP contribution is 2.34. The van der Waals surface area contributed by atoms with Crippen molar-refractivity contribution in [2.24, 2.45) is 5.92 Å². The molecule has 0 saturated heterocycles. The van der Waals surface area contributed by atoms with Crippen molar-refractivity contribution in [3.63, 3.8) is 0 Å². The molecule has 0 atom stereocenters. The Bertz CT molecular complexity index is 1050. The number of rotatable bonds is 5. The van der Waals surface area contributed by atoms with E-state index in [0.29, 0.717) is 16.6 Å². The van der Waals surface area contributed by atoms with Gasteiger partial charge in [0.15, 0.2) is 0 Å². The summed E-state index contributed by atoms with van der Waals surface area (Å²) in [7, 11) is 0. The van der Waals surface area contributed by atoms with Crippen LogP contribution in [0.2, 0.25) is 0 Å². The zero-order valence-electron chi connectivity index (χ0n) is 16.0. The highest BCUT2D eigenvalue weighted by molar-refractivity contribution is 7.11. The first kappa shape index (κ1) is 20.8. The van der Waals surface area contributed by atoms with Crippen molar-refractivity contribution < 1.29 is 13.2 Å². The first-order chi connectivity index (χ1) is 13.8. The minimum absolute atomic E-state index is 0.0497. The van der Waals surface area contributed by atoms with Gasteiger partial charge < -0.3 is 0 Å². The van der Waals surface area contributed by atoms with Crippen LogP contribution in [0.1, 0.15) is 35.5 Å². The molecule has 0 N–H and O–H groups in total. The number of allylic oxidation sites excluding steroid dienone is 1. The van der Waals surface area contributed by atoms with Crippen molar-refractivity contribution in [1.29, 1.82) is 5.26 Å². The van der Waals surface area contributed by atoms with Crippen LogP contribution in [0.5, 0.6) is 0 Å². The van der Waals surface area contributed by atoms with Crippen LogP contribution in [0.3, 0.4) is 0 Å². The standard InChI is InChI=1S/C23H19F3N2S/c1-15(2)11-16-7-9-17(10-8-16)21-14-29-22(28-21)19(13-27)12-18-5-3-4-6-20(18)23(24,25)26/h3-10,12,14-15H,11H2,1-2H3. The number of hydrogen-bond donors (Lipinski definition) is 0. The number of thiazole rings is 1. The Balaban J connectivity index is 1.91. The SMILES string of the molecule is CC(C)Cc1ccc(-c2csc(C(C#N)=Cc3ccccc3C(F)(F)F)n2)cc1. The van der Waals surface area contributed by atoms with Gasteiger partial charge in [0.1, 0.15) is 11.1 Å². The Labute approximate surface area is 172 Å². The predicted molar refractivity (Wildman–Crippen MR) is 111 cm³/mol. The van der Waals surface area contributed by atoms with Gasteiger partial charge >= 0.3 is 6.18 Å². The number of alkyl halides is 3. The van der Waals surface area contributed by atoms with E-state index in [1.54, 1.807) is 0 Å². The molecule has 6 heteroatoms. The van der Waals surface area contributed by atoms with E-state index in [9.17, 15) is 18.4 Å². The molecule has 3 aromatic rings. The first-order valence-corrected chi connectivity index (χ1v) is 9.99. The average molecular weight is 412 g/mol. The van der Waals surface area contributed by atoms with Gasteiger partial charge in [-0.25, -0.2) is 4.98 Å².